The van der Waals surface area contributed by atoms with Crippen molar-refractivity contribution >= 4 is 23.2 Å². The summed E-state index contributed by atoms with van der Waals surface area (Å²) in [5.41, 5.74) is 1.48. The molecule has 7 nitrogen and oxygen atoms in total. The fourth-order valence-corrected chi connectivity index (χ4v) is 2.81. The Hall–Kier alpha value is -3.53. The number of nitrogens with zero attached hydrogens (tertiary/aromatic N) is 2. The van der Waals surface area contributed by atoms with Crippen molar-refractivity contribution < 1.29 is 19.1 Å². The fourth-order valence-electron chi connectivity index (χ4n) is 2.81. The van der Waals surface area contributed by atoms with Crippen LogP contribution in [0.3, 0.4) is 0 Å². The predicted octanol–water partition coefficient (Wildman–Crippen LogP) is 2.71. The molecule has 7 heteroatoms. The molecule has 1 N–H and O–H groups in total. The molecule has 138 valence electrons. The van der Waals surface area contributed by atoms with Crippen LogP contribution in [0, 0.1) is 11.3 Å². The van der Waals surface area contributed by atoms with Crippen LogP contribution in [0.2, 0.25) is 0 Å². The number of anilines is 2. The first-order valence-electron chi connectivity index (χ1n) is 8.55. The maximum atomic E-state index is 12.3. The van der Waals surface area contributed by atoms with Crippen LogP contribution in [0.15, 0.2) is 42.5 Å². The highest BCUT2D eigenvalue weighted by molar-refractivity contribution is 5.95. The zero-order valence-corrected chi connectivity index (χ0v) is 14.9. The number of hydrogen-bond acceptors (Lipinski definition) is 5. The molecule has 0 bridgehead atoms. The number of amides is 2. The molecule has 0 fully saturated rings. The molecule has 1 aliphatic heterocycles. The third kappa shape index (κ3) is 4.36. The van der Waals surface area contributed by atoms with Gasteiger partial charge in [-0.05, 0) is 24.3 Å². The Morgan fingerprint density at radius 2 is 1.89 bits per heavy atom. The van der Waals surface area contributed by atoms with E-state index < -0.39 is 0 Å². The molecule has 0 saturated carbocycles. The second-order valence-electron chi connectivity index (χ2n) is 5.96. The maximum absolute atomic E-state index is 12.3. The lowest BCUT2D eigenvalue weighted by atomic mass is 10.1. The quantitative estimate of drug-likeness (QED) is 0.880. The van der Waals surface area contributed by atoms with Crippen molar-refractivity contribution in [2.24, 2.45) is 0 Å². The van der Waals surface area contributed by atoms with Gasteiger partial charge in [0.1, 0.15) is 19.3 Å². The van der Waals surface area contributed by atoms with Crippen LogP contribution < -0.4 is 19.7 Å². The fraction of sp³-hybridized carbons (Fsp3) is 0.250. The van der Waals surface area contributed by atoms with E-state index in [1.54, 1.807) is 42.5 Å². The van der Waals surface area contributed by atoms with Gasteiger partial charge in [0, 0.05) is 31.6 Å². The number of ether oxygens (including phenoxy) is 2. The SMILES string of the molecule is CC(=O)N(CCC(=O)Nc1ccc2c(c1)OCCO2)c1ccccc1C#N. The first-order valence-corrected chi connectivity index (χ1v) is 8.55. The zero-order valence-electron chi connectivity index (χ0n) is 14.9. The molecule has 1 heterocycles. The number of carbonyl (C=O) groups excluding carboxylic acids is 2. The Balaban J connectivity index is 1.65. The zero-order chi connectivity index (χ0) is 19.2. The largest absolute Gasteiger partial charge is 0.486 e. The number of fused-ring (bicyclic) bond motifs is 1. The van der Waals surface area contributed by atoms with Gasteiger partial charge in [0.15, 0.2) is 11.5 Å². The lowest BCUT2D eigenvalue weighted by Crippen LogP contribution is -2.32. The van der Waals surface area contributed by atoms with Gasteiger partial charge in [-0.25, -0.2) is 0 Å². The molecule has 0 aliphatic carbocycles. The van der Waals surface area contributed by atoms with E-state index >= 15 is 0 Å². The number of carbonyl (C=O) groups is 2. The molecule has 0 radical (unpaired) electrons. The number of para-hydroxylation sites is 1. The minimum absolute atomic E-state index is 0.0911. The van der Waals surface area contributed by atoms with Gasteiger partial charge in [-0.1, -0.05) is 12.1 Å². The lowest BCUT2D eigenvalue weighted by molar-refractivity contribution is -0.117. The summed E-state index contributed by atoms with van der Waals surface area (Å²) in [5, 5.41) is 12.0. The van der Waals surface area contributed by atoms with Gasteiger partial charge in [-0.3, -0.25) is 9.59 Å². The van der Waals surface area contributed by atoms with Crippen LogP contribution in [0.5, 0.6) is 11.5 Å². The average molecular weight is 365 g/mol. The highest BCUT2D eigenvalue weighted by Gasteiger charge is 2.17. The predicted molar refractivity (Wildman–Crippen MR) is 99.9 cm³/mol. The van der Waals surface area contributed by atoms with Crippen LogP contribution in [0.1, 0.15) is 18.9 Å². The van der Waals surface area contributed by atoms with E-state index in [0.29, 0.717) is 41.7 Å². The summed E-state index contributed by atoms with van der Waals surface area (Å²) >= 11 is 0. The minimum Gasteiger partial charge on any atom is -0.486 e. The van der Waals surface area contributed by atoms with E-state index in [2.05, 4.69) is 11.4 Å². The summed E-state index contributed by atoms with van der Waals surface area (Å²) in [6.07, 6.45) is 0.0911. The molecule has 0 aromatic heterocycles. The van der Waals surface area contributed by atoms with Crippen LogP contribution in [-0.2, 0) is 9.59 Å². The minimum atomic E-state index is -0.243. The van der Waals surface area contributed by atoms with Crippen LogP contribution >= 0.6 is 0 Å². The van der Waals surface area contributed by atoms with E-state index in [0.717, 1.165) is 0 Å². The van der Waals surface area contributed by atoms with Gasteiger partial charge in [0.2, 0.25) is 11.8 Å². The lowest BCUT2D eigenvalue weighted by Gasteiger charge is -2.22. The number of nitrogens with one attached hydrogen (secondary N) is 1. The summed E-state index contributed by atoms with van der Waals surface area (Å²) in [7, 11) is 0. The summed E-state index contributed by atoms with van der Waals surface area (Å²) in [5.74, 6) is 0.764. The van der Waals surface area contributed by atoms with Crippen LogP contribution in [0.4, 0.5) is 11.4 Å². The van der Waals surface area contributed by atoms with Gasteiger partial charge in [-0.15, -0.1) is 0 Å². The van der Waals surface area contributed by atoms with Gasteiger partial charge < -0.3 is 19.7 Å². The molecule has 2 aromatic carbocycles. The first kappa shape index (κ1) is 18.3. The van der Waals surface area contributed by atoms with Gasteiger partial charge in [0.05, 0.1) is 11.3 Å². The van der Waals surface area contributed by atoms with E-state index in [-0.39, 0.29) is 24.8 Å². The second-order valence-corrected chi connectivity index (χ2v) is 5.96. The number of benzene rings is 2. The monoisotopic (exact) mass is 365 g/mol. The number of hydrogen-bond donors (Lipinski definition) is 1. The van der Waals surface area contributed by atoms with Crippen molar-refractivity contribution in [3.05, 3.63) is 48.0 Å². The Bertz CT molecular complexity index is 904. The molecule has 3 rings (SSSR count). The average Bonchev–Trinajstić information content (AvgIpc) is 2.68. The molecular formula is C20H19N3O4. The third-order valence-electron chi connectivity index (χ3n) is 4.08. The maximum Gasteiger partial charge on any atom is 0.226 e. The van der Waals surface area contributed by atoms with E-state index in [1.165, 1.54) is 11.8 Å². The Morgan fingerprint density at radius 1 is 1.15 bits per heavy atom. The Kier molecular flexibility index (Phi) is 5.57. The topological polar surface area (TPSA) is 91.7 Å². The molecule has 1 aliphatic rings. The van der Waals surface area contributed by atoms with Gasteiger partial charge >= 0.3 is 0 Å². The Labute approximate surface area is 157 Å². The molecule has 2 aromatic rings. The first-order chi connectivity index (χ1) is 13.1. The molecule has 27 heavy (non-hydrogen) atoms. The Morgan fingerprint density at radius 3 is 2.63 bits per heavy atom. The second kappa shape index (κ2) is 8.23. The van der Waals surface area contributed by atoms with Crippen molar-refractivity contribution in [1.82, 2.24) is 0 Å². The van der Waals surface area contributed by atoms with Gasteiger partial charge in [0.25, 0.3) is 0 Å². The van der Waals surface area contributed by atoms with Crippen LogP contribution in [-0.4, -0.2) is 31.6 Å². The summed E-state index contributed by atoms with van der Waals surface area (Å²) in [6, 6.07) is 14.1. The van der Waals surface area contributed by atoms with Crippen molar-refractivity contribution in [3.8, 4) is 17.6 Å². The molecule has 0 saturated heterocycles. The van der Waals surface area contributed by atoms with Crippen molar-refractivity contribution in [2.45, 2.75) is 13.3 Å². The molecule has 0 spiro atoms. The smallest absolute Gasteiger partial charge is 0.226 e. The van der Waals surface area contributed by atoms with Crippen molar-refractivity contribution in [3.63, 3.8) is 0 Å². The van der Waals surface area contributed by atoms with E-state index in [1.807, 2.05) is 0 Å². The molecule has 2 amide bonds. The molecular weight excluding hydrogens is 346 g/mol. The normalized spacial score (nSPS) is 12.0. The van der Waals surface area contributed by atoms with E-state index in [4.69, 9.17) is 9.47 Å². The third-order valence-corrected chi connectivity index (χ3v) is 4.08. The number of nitriles is 1. The number of rotatable bonds is 5. The highest BCUT2D eigenvalue weighted by atomic mass is 16.6. The van der Waals surface area contributed by atoms with Crippen LogP contribution in [0.25, 0.3) is 0 Å². The molecule has 0 unspecified atom stereocenters. The van der Waals surface area contributed by atoms with Gasteiger partial charge in [-0.2, -0.15) is 5.26 Å². The summed E-state index contributed by atoms with van der Waals surface area (Å²) < 4.78 is 11.0. The van der Waals surface area contributed by atoms with E-state index in [9.17, 15) is 14.9 Å². The summed E-state index contributed by atoms with van der Waals surface area (Å²) in [4.78, 5) is 25.7. The summed E-state index contributed by atoms with van der Waals surface area (Å²) in [6.45, 7) is 2.55. The molecule has 0 atom stereocenters. The highest BCUT2D eigenvalue weighted by Crippen LogP contribution is 2.32. The van der Waals surface area contributed by atoms with Crippen molar-refractivity contribution in [1.29, 1.82) is 5.26 Å². The van der Waals surface area contributed by atoms with Crippen molar-refractivity contribution in [2.75, 3.05) is 30.0 Å². The standard InChI is InChI=1S/C20H19N3O4/c1-14(24)23(17-5-3-2-4-15(17)13-21)9-8-20(25)22-16-6-7-18-19(12-16)27-11-10-26-18/h2-7,12H,8-11H2,1H3,(H,22,25).